The molecule has 0 radical (unpaired) electrons. The summed E-state index contributed by atoms with van der Waals surface area (Å²) >= 11 is 0. The number of alkyl halides is 3. The average Bonchev–Trinajstić information content (AvgIpc) is 2.59. The van der Waals surface area contributed by atoms with Crippen molar-refractivity contribution in [3.05, 3.63) is 23.3 Å². The minimum atomic E-state index is -4.61. The maximum absolute atomic E-state index is 12.5. The van der Waals surface area contributed by atoms with Crippen molar-refractivity contribution >= 4 is 10.0 Å². The van der Waals surface area contributed by atoms with E-state index in [0.717, 1.165) is 6.07 Å². The van der Waals surface area contributed by atoms with Gasteiger partial charge in [-0.25, -0.2) is 13.6 Å². The van der Waals surface area contributed by atoms with Crippen LogP contribution in [0.5, 0.6) is 5.75 Å². The van der Waals surface area contributed by atoms with Crippen LogP contribution in [0.2, 0.25) is 0 Å². The molecule has 1 aromatic rings. The van der Waals surface area contributed by atoms with Crippen LogP contribution in [0.4, 0.5) is 13.2 Å². The number of hydrogen-bond donors (Lipinski definition) is 1. The summed E-state index contributed by atoms with van der Waals surface area (Å²) in [5.74, 6) is -0.0690. The van der Waals surface area contributed by atoms with Crippen LogP contribution in [0.1, 0.15) is 11.1 Å². The highest BCUT2D eigenvalue weighted by Crippen LogP contribution is 2.39. The van der Waals surface area contributed by atoms with Gasteiger partial charge in [0.05, 0.1) is 12.2 Å². The van der Waals surface area contributed by atoms with Crippen molar-refractivity contribution in [3.8, 4) is 5.75 Å². The molecule has 0 aliphatic carbocycles. The Morgan fingerprint density at radius 2 is 1.94 bits per heavy atom. The van der Waals surface area contributed by atoms with Crippen molar-refractivity contribution in [2.24, 2.45) is 5.14 Å². The van der Waals surface area contributed by atoms with Crippen LogP contribution in [0.25, 0.3) is 0 Å². The van der Waals surface area contributed by atoms with Gasteiger partial charge in [-0.15, -0.1) is 0 Å². The molecule has 0 saturated carbocycles. The van der Waals surface area contributed by atoms with E-state index in [0.29, 0.717) is 6.07 Å². The van der Waals surface area contributed by atoms with Crippen LogP contribution in [0.15, 0.2) is 17.0 Å². The topological polar surface area (TPSA) is 69.4 Å². The quantitative estimate of drug-likeness (QED) is 0.833. The fraction of sp³-hybridized carbons (Fsp3) is 0.333. The van der Waals surface area contributed by atoms with Gasteiger partial charge in [-0.2, -0.15) is 13.2 Å². The van der Waals surface area contributed by atoms with E-state index in [1.165, 1.54) is 0 Å². The van der Waals surface area contributed by atoms with Gasteiger partial charge in [-0.1, -0.05) is 0 Å². The van der Waals surface area contributed by atoms with E-state index in [1.807, 2.05) is 0 Å². The largest absolute Gasteiger partial charge is 0.492 e. The molecule has 1 aliphatic rings. The molecule has 1 heterocycles. The zero-order valence-corrected chi connectivity index (χ0v) is 9.23. The molecule has 94 valence electrons. The molecular weight excluding hydrogens is 259 g/mol. The standard InChI is InChI=1S/C9H8F3NO3S/c10-9(11,12)6-3-5-1-2-16-8(5)7(4-6)17(13,14)15/h3-4H,1-2H2,(H2,13,14,15). The predicted octanol–water partition coefficient (Wildman–Crippen LogP) is 1.29. The van der Waals surface area contributed by atoms with Crippen molar-refractivity contribution in [3.63, 3.8) is 0 Å². The molecule has 0 amide bonds. The van der Waals surface area contributed by atoms with E-state index in [1.54, 1.807) is 0 Å². The number of benzene rings is 1. The third kappa shape index (κ3) is 2.22. The molecule has 0 bridgehead atoms. The lowest BCUT2D eigenvalue weighted by Crippen LogP contribution is -2.15. The Kier molecular flexibility index (Phi) is 2.58. The molecule has 0 spiro atoms. The zero-order chi connectivity index (χ0) is 12.8. The highest BCUT2D eigenvalue weighted by Gasteiger charge is 2.35. The number of rotatable bonds is 1. The van der Waals surface area contributed by atoms with Gasteiger partial charge in [0.25, 0.3) is 0 Å². The minimum Gasteiger partial charge on any atom is -0.492 e. The Bertz CT molecular complexity index is 566. The van der Waals surface area contributed by atoms with Crippen molar-refractivity contribution in [2.75, 3.05) is 6.61 Å². The third-order valence-electron chi connectivity index (χ3n) is 2.38. The Morgan fingerprint density at radius 1 is 1.29 bits per heavy atom. The molecule has 0 atom stereocenters. The lowest BCUT2D eigenvalue weighted by Gasteiger charge is -2.11. The van der Waals surface area contributed by atoms with E-state index in [9.17, 15) is 21.6 Å². The predicted molar refractivity (Wildman–Crippen MR) is 52.0 cm³/mol. The maximum atomic E-state index is 12.5. The smallest absolute Gasteiger partial charge is 0.416 e. The summed E-state index contributed by atoms with van der Waals surface area (Å²) < 4.78 is 65.0. The average molecular weight is 267 g/mol. The summed E-state index contributed by atoms with van der Waals surface area (Å²) in [5, 5.41) is 4.87. The Labute approximate surface area is 95.2 Å². The molecule has 17 heavy (non-hydrogen) atoms. The van der Waals surface area contributed by atoms with Gasteiger partial charge in [0.2, 0.25) is 10.0 Å². The second-order valence-corrected chi connectivity index (χ2v) is 5.13. The van der Waals surface area contributed by atoms with Gasteiger partial charge in [-0.3, -0.25) is 0 Å². The first-order valence-electron chi connectivity index (χ1n) is 4.59. The highest BCUT2D eigenvalue weighted by atomic mass is 32.2. The summed E-state index contributed by atoms with van der Waals surface area (Å²) in [7, 11) is -4.24. The zero-order valence-electron chi connectivity index (χ0n) is 8.41. The second-order valence-electron chi connectivity index (χ2n) is 3.60. The summed E-state index contributed by atoms with van der Waals surface area (Å²) in [4.78, 5) is -0.611. The number of hydrogen-bond acceptors (Lipinski definition) is 3. The van der Waals surface area contributed by atoms with E-state index in [4.69, 9.17) is 9.88 Å². The summed E-state index contributed by atoms with van der Waals surface area (Å²) in [6, 6.07) is 1.39. The molecule has 1 aromatic carbocycles. The van der Waals surface area contributed by atoms with Gasteiger partial charge >= 0.3 is 6.18 Å². The molecule has 0 fully saturated rings. The number of sulfonamides is 1. The van der Waals surface area contributed by atoms with Gasteiger partial charge in [0, 0.05) is 6.42 Å². The van der Waals surface area contributed by atoms with Crippen LogP contribution in [-0.2, 0) is 22.6 Å². The molecule has 2 rings (SSSR count). The summed E-state index contributed by atoms with van der Waals surface area (Å²) in [5.41, 5.74) is -0.824. The van der Waals surface area contributed by atoms with Crippen LogP contribution in [0, 0.1) is 0 Å². The van der Waals surface area contributed by atoms with E-state index in [-0.39, 0.29) is 24.3 Å². The number of halogens is 3. The van der Waals surface area contributed by atoms with Gasteiger partial charge < -0.3 is 4.74 Å². The number of primary sulfonamides is 1. The van der Waals surface area contributed by atoms with Crippen molar-refractivity contribution in [2.45, 2.75) is 17.5 Å². The number of ether oxygens (including phenoxy) is 1. The third-order valence-corrected chi connectivity index (χ3v) is 3.30. The van der Waals surface area contributed by atoms with Crippen molar-refractivity contribution < 1.29 is 26.3 Å². The van der Waals surface area contributed by atoms with Crippen molar-refractivity contribution in [1.82, 2.24) is 0 Å². The molecular formula is C9H8F3NO3S. The van der Waals surface area contributed by atoms with E-state index < -0.39 is 26.7 Å². The molecule has 0 unspecified atom stereocenters. The van der Waals surface area contributed by atoms with Gasteiger partial charge in [0.15, 0.2) is 0 Å². The first-order chi connectivity index (χ1) is 7.69. The molecule has 1 aliphatic heterocycles. The van der Waals surface area contributed by atoms with Crippen LogP contribution in [0.3, 0.4) is 0 Å². The van der Waals surface area contributed by atoms with Crippen LogP contribution >= 0.6 is 0 Å². The summed E-state index contributed by atoms with van der Waals surface area (Å²) in [6.45, 7) is 0.152. The molecule has 0 saturated heterocycles. The molecule has 0 aromatic heterocycles. The van der Waals surface area contributed by atoms with Gasteiger partial charge in [-0.05, 0) is 17.7 Å². The lowest BCUT2D eigenvalue weighted by molar-refractivity contribution is -0.137. The minimum absolute atomic E-state index is 0.0690. The molecule has 8 heteroatoms. The molecule has 4 nitrogen and oxygen atoms in total. The number of fused-ring (bicyclic) bond motifs is 1. The Morgan fingerprint density at radius 3 is 2.47 bits per heavy atom. The Hall–Kier alpha value is -1.28. The maximum Gasteiger partial charge on any atom is 0.416 e. The lowest BCUT2D eigenvalue weighted by atomic mass is 10.1. The highest BCUT2D eigenvalue weighted by molar-refractivity contribution is 7.89. The van der Waals surface area contributed by atoms with Crippen LogP contribution < -0.4 is 9.88 Å². The van der Waals surface area contributed by atoms with Gasteiger partial charge in [0.1, 0.15) is 10.6 Å². The first kappa shape index (κ1) is 12.2. The summed E-state index contributed by atoms with van der Waals surface area (Å²) in [6.07, 6.45) is -4.38. The second kappa shape index (κ2) is 3.61. The van der Waals surface area contributed by atoms with Crippen molar-refractivity contribution in [1.29, 1.82) is 0 Å². The fourth-order valence-electron chi connectivity index (χ4n) is 1.65. The van der Waals surface area contributed by atoms with E-state index in [2.05, 4.69) is 0 Å². The SMILES string of the molecule is NS(=O)(=O)c1cc(C(F)(F)F)cc2c1OCC2. The number of nitrogens with two attached hydrogens (primary N) is 1. The fourth-order valence-corrected chi connectivity index (χ4v) is 2.39. The van der Waals surface area contributed by atoms with E-state index >= 15 is 0 Å². The molecule has 2 N–H and O–H groups in total. The Balaban J connectivity index is 2.71. The monoisotopic (exact) mass is 267 g/mol. The normalized spacial score (nSPS) is 15.5. The van der Waals surface area contributed by atoms with Crippen LogP contribution in [-0.4, -0.2) is 15.0 Å². The first-order valence-corrected chi connectivity index (χ1v) is 6.14.